The number of aromatic nitrogens is 4. The zero-order chi connectivity index (χ0) is 29.4. The van der Waals surface area contributed by atoms with Crippen LogP contribution < -0.4 is 22.7 Å². The van der Waals surface area contributed by atoms with Crippen LogP contribution in [0.5, 0.6) is 0 Å². The Balaban J connectivity index is 1.41. The van der Waals surface area contributed by atoms with Gasteiger partial charge in [0.15, 0.2) is 0 Å². The highest BCUT2D eigenvalue weighted by Gasteiger charge is 2.43. The van der Waals surface area contributed by atoms with E-state index in [-0.39, 0.29) is 18.8 Å². The van der Waals surface area contributed by atoms with Gasteiger partial charge in [0.1, 0.15) is 30.5 Å². The molecule has 2 aliphatic rings. The minimum atomic E-state index is -4.20. The minimum absolute atomic E-state index is 0.0360. The molecule has 0 aromatic carbocycles. The van der Waals surface area contributed by atoms with E-state index in [4.69, 9.17) is 28.8 Å². The Bertz CT molecular complexity index is 1530. The molecule has 2 aromatic rings. The molecule has 2 aliphatic heterocycles. The predicted octanol–water partition coefficient (Wildman–Crippen LogP) is 1.44. The molecule has 2 fully saturated rings. The van der Waals surface area contributed by atoms with Gasteiger partial charge in [0.2, 0.25) is 0 Å². The van der Waals surface area contributed by atoms with Crippen molar-refractivity contribution in [1.29, 1.82) is 0 Å². The maximum Gasteiger partial charge on any atom is 0.386 e. The lowest BCUT2D eigenvalue weighted by molar-refractivity contribution is -0.0417. The molecule has 0 saturated carbocycles. The number of hydrogen-bond donors (Lipinski definition) is 5. The van der Waals surface area contributed by atoms with Crippen LogP contribution in [0.3, 0.4) is 0 Å². The van der Waals surface area contributed by atoms with Gasteiger partial charge in [-0.25, -0.2) is 18.7 Å². The van der Waals surface area contributed by atoms with Crippen molar-refractivity contribution in [3.8, 4) is 0 Å². The first kappa shape index (κ1) is 31.2. The summed E-state index contributed by atoms with van der Waals surface area (Å²) >= 11 is 7.52. The molecule has 16 nitrogen and oxygen atoms in total. The van der Waals surface area contributed by atoms with Gasteiger partial charge < -0.3 is 20.1 Å². The Labute approximate surface area is 237 Å². The summed E-state index contributed by atoms with van der Waals surface area (Å²) in [6.07, 6.45) is -0.595. The fourth-order valence-corrected chi connectivity index (χ4v) is 6.36. The van der Waals surface area contributed by atoms with Crippen molar-refractivity contribution in [3.63, 3.8) is 0 Å². The van der Waals surface area contributed by atoms with Crippen molar-refractivity contribution in [2.45, 2.75) is 63.9 Å². The molecule has 20 heteroatoms. The van der Waals surface area contributed by atoms with Crippen molar-refractivity contribution in [2.75, 3.05) is 18.9 Å². The van der Waals surface area contributed by atoms with Crippen LogP contribution in [0, 0.1) is 13.8 Å². The van der Waals surface area contributed by atoms with E-state index < -0.39 is 67.9 Å². The van der Waals surface area contributed by atoms with Gasteiger partial charge in [0, 0.05) is 29.9 Å². The second-order valence-corrected chi connectivity index (χ2v) is 15.0. The number of aromatic amines is 1. The number of nitrogen functional groups attached to an aromatic ring is 1. The van der Waals surface area contributed by atoms with Gasteiger partial charge in [-0.15, -0.1) is 0 Å². The number of rotatable bonds is 10. The molecule has 0 bridgehead atoms. The lowest BCUT2D eigenvalue weighted by Gasteiger charge is -2.23. The number of hydrogen-bond acceptors (Lipinski definition) is 12. The van der Waals surface area contributed by atoms with Gasteiger partial charge in [0.25, 0.3) is 5.56 Å². The predicted molar refractivity (Wildman–Crippen MR) is 148 cm³/mol. The first-order valence-electron chi connectivity index (χ1n) is 12.0. The highest BCUT2D eigenvalue weighted by Crippen LogP contribution is 2.57. The molecule has 0 amide bonds. The Morgan fingerprint density at radius 1 is 1.07 bits per heavy atom. The smallest absolute Gasteiger partial charge is 0.383 e. The SMILES string of the molecule is Cc1cn([C@H]2C[C@@H](OP(=O)(S)OC[C@@H]3CC[C@H](n4cc(C)c(=O)[nH]c4=O)O3)[C@@H](COP(=O)(O)S)O2)c(=O)nc1N. The number of ether oxygens (including phenoxy) is 2. The van der Waals surface area contributed by atoms with E-state index in [1.165, 1.54) is 21.5 Å². The Morgan fingerprint density at radius 3 is 2.48 bits per heavy atom. The van der Waals surface area contributed by atoms with Crippen molar-refractivity contribution in [1.82, 2.24) is 19.1 Å². The van der Waals surface area contributed by atoms with Crippen LogP contribution in [0.15, 0.2) is 26.8 Å². The van der Waals surface area contributed by atoms with E-state index in [1.54, 1.807) is 13.8 Å². The highest BCUT2D eigenvalue weighted by molar-refractivity contribution is 8.44. The molecule has 4 N–H and O–H groups in total. The van der Waals surface area contributed by atoms with Gasteiger partial charge in [-0.1, -0.05) is 24.5 Å². The molecule has 40 heavy (non-hydrogen) atoms. The molecule has 0 aliphatic carbocycles. The normalized spacial score (nSPS) is 27.9. The zero-order valence-corrected chi connectivity index (χ0v) is 24.9. The van der Waals surface area contributed by atoms with Crippen molar-refractivity contribution >= 4 is 43.9 Å². The van der Waals surface area contributed by atoms with Gasteiger partial charge in [-0.3, -0.25) is 32.5 Å². The van der Waals surface area contributed by atoms with Crippen molar-refractivity contribution in [2.24, 2.45) is 0 Å². The molecular weight excluding hydrogens is 612 g/mol. The summed E-state index contributed by atoms with van der Waals surface area (Å²) in [4.78, 5) is 51.6. The van der Waals surface area contributed by atoms with Crippen LogP contribution in [0.25, 0.3) is 0 Å². The fourth-order valence-electron chi connectivity index (χ4n) is 4.28. The van der Waals surface area contributed by atoms with E-state index in [0.717, 1.165) is 0 Å². The quantitative estimate of drug-likeness (QED) is 0.184. The number of anilines is 1. The summed E-state index contributed by atoms with van der Waals surface area (Å²) < 4.78 is 54.7. The van der Waals surface area contributed by atoms with Crippen LogP contribution in [-0.2, 0) is 32.2 Å². The topological polar surface area (TPSA) is 216 Å². The summed E-state index contributed by atoms with van der Waals surface area (Å²) in [5, 5.41) is 0. The van der Waals surface area contributed by atoms with E-state index >= 15 is 0 Å². The molecule has 0 radical (unpaired) electrons. The number of aryl methyl sites for hydroxylation is 2. The largest absolute Gasteiger partial charge is 0.386 e. The minimum Gasteiger partial charge on any atom is -0.383 e. The Morgan fingerprint density at radius 2 is 1.77 bits per heavy atom. The Kier molecular flexibility index (Phi) is 9.56. The van der Waals surface area contributed by atoms with Gasteiger partial charge >= 0.3 is 25.0 Å². The molecule has 4 rings (SSSR count). The van der Waals surface area contributed by atoms with Crippen molar-refractivity contribution < 1.29 is 37.1 Å². The van der Waals surface area contributed by atoms with Crippen LogP contribution in [0.4, 0.5) is 5.82 Å². The molecule has 222 valence electrons. The molecule has 0 spiro atoms. The van der Waals surface area contributed by atoms with E-state index in [0.29, 0.717) is 24.0 Å². The third-order valence-electron chi connectivity index (χ3n) is 6.30. The summed E-state index contributed by atoms with van der Waals surface area (Å²) in [5.41, 5.74) is 4.73. The molecular formula is C20H29N5O11P2S2. The lowest BCUT2D eigenvalue weighted by Crippen LogP contribution is -2.33. The van der Waals surface area contributed by atoms with Crippen LogP contribution >= 0.6 is 38.1 Å². The summed E-state index contributed by atoms with van der Waals surface area (Å²) in [7, 11) is 0. The van der Waals surface area contributed by atoms with Crippen LogP contribution in [0.2, 0.25) is 0 Å². The van der Waals surface area contributed by atoms with Gasteiger partial charge in [0.05, 0.1) is 19.3 Å². The number of nitrogens with zero attached hydrogens (tertiary/aromatic N) is 3. The molecule has 2 saturated heterocycles. The Hall–Kier alpha value is -1.72. The second kappa shape index (κ2) is 12.3. The van der Waals surface area contributed by atoms with E-state index in [9.17, 15) is 28.4 Å². The monoisotopic (exact) mass is 641 g/mol. The molecule has 2 unspecified atom stereocenters. The number of H-pyrrole nitrogens is 1. The second-order valence-electron chi connectivity index (χ2n) is 9.33. The number of nitrogens with two attached hydrogens (primary N) is 1. The summed E-state index contributed by atoms with van der Waals surface area (Å²) in [5.74, 6) is 0.0495. The average Bonchev–Trinajstić information content (AvgIpc) is 3.47. The van der Waals surface area contributed by atoms with Crippen LogP contribution in [-0.4, -0.2) is 55.5 Å². The van der Waals surface area contributed by atoms with E-state index in [2.05, 4.69) is 34.5 Å². The number of nitrogens with one attached hydrogen (secondary N) is 1. The molecule has 7 atom stereocenters. The zero-order valence-electron chi connectivity index (χ0n) is 21.3. The summed E-state index contributed by atoms with van der Waals surface area (Å²) in [6, 6.07) is 0. The first-order chi connectivity index (χ1) is 18.6. The molecule has 4 heterocycles. The maximum atomic E-state index is 13.1. The standard InChI is InChI=1S/C20H29N5O11P2S2/c1-10-6-25(19(27)22-17(10)21)16-5-13(14(35-16)9-32-37(29,30)39)36-38(31,40)33-8-12-3-4-15(34-12)24-7-11(2)18(26)23-20(24)28/h6-7,12-16H,3-5,8-9H2,1-2H3,(H,31,40)(H2,21,22,27)(H,23,26,28)(H2,29,30,39)/t12-,13+,14+,15+,16+,38?/m0/s1. The molecule has 2 aromatic heterocycles. The average molecular weight is 642 g/mol. The fraction of sp³-hybridized carbons (Fsp3) is 0.600. The maximum absolute atomic E-state index is 13.1. The first-order valence-corrected chi connectivity index (χ1v) is 17.4. The van der Waals surface area contributed by atoms with Crippen LogP contribution in [0.1, 0.15) is 42.8 Å². The summed E-state index contributed by atoms with van der Waals surface area (Å²) in [6.45, 7) is -5.74. The third kappa shape index (κ3) is 7.76. The lowest BCUT2D eigenvalue weighted by atomic mass is 10.2. The highest BCUT2D eigenvalue weighted by atomic mass is 32.7. The van der Waals surface area contributed by atoms with Gasteiger partial charge in [-0.2, -0.15) is 4.98 Å². The number of thiol groups is 2. The van der Waals surface area contributed by atoms with Gasteiger partial charge in [-0.05, 0) is 26.7 Å². The van der Waals surface area contributed by atoms with Crippen molar-refractivity contribution in [3.05, 3.63) is 54.8 Å². The third-order valence-corrected chi connectivity index (χ3v) is 8.78. The van der Waals surface area contributed by atoms with E-state index in [1.807, 2.05) is 0 Å².